The Hall–Kier alpha value is 0.0649. The van der Waals surface area contributed by atoms with Crippen LogP contribution in [-0.4, -0.2) is 7.85 Å². The van der Waals surface area contributed by atoms with E-state index in [1.807, 2.05) is 0 Å². The summed E-state index contributed by atoms with van der Waals surface area (Å²) in [5, 5.41) is 0.631. The van der Waals surface area contributed by atoms with E-state index in [2.05, 4.69) is 21.7 Å². The van der Waals surface area contributed by atoms with Gasteiger partial charge in [-0.2, -0.15) is 0 Å². The van der Waals surface area contributed by atoms with Gasteiger partial charge in [0.15, 0.2) is 0 Å². The summed E-state index contributed by atoms with van der Waals surface area (Å²) in [6, 6.07) is 0. The van der Waals surface area contributed by atoms with Gasteiger partial charge in [-0.15, -0.1) is 0 Å². The molecule has 0 aromatic rings. The molecule has 0 aliphatic heterocycles. The van der Waals surface area contributed by atoms with Gasteiger partial charge in [-0.1, -0.05) is 103 Å². The summed E-state index contributed by atoms with van der Waals surface area (Å²) in [6.07, 6.45) is 19.6. The SMILES string of the molecule is BC1(C(C)CC)CCCCC2CCCCCCC2CC1. The fourth-order valence-electron chi connectivity index (χ4n) is 4.96. The van der Waals surface area contributed by atoms with E-state index in [0.717, 1.165) is 17.8 Å². The van der Waals surface area contributed by atoms with Crippen LogP contribution in [0.3, 0.4) is 0 Å². The number of rotatable bonds is 2. The third kappa shape index (κ3) is 4.28. The first-order valence-corrected chi connectivity index (χ1v) is 9.65. The first-order chi connectivity index (χ1) is 9.65. The molecule has 0 saturated heterocycles. The van der Waals surface area contributed by atoms with E-state index in [0.29, 0.717) is 5.31 Å². The van der Waals surface area contributed by atoms with Crippen LogP contribution in [0.25, 0.3) is 0 Å². The molecular formula is C19H37B. The zero-order valence-electron chi connectivity index (χ0n) is 14.4. The van der Waals surface area contributed by atoms with Crippen LogP contribution in [0.15, 0.2) is 0 Å². The monoisotopic (exact) mass is 276 g/mol. The molecule has 2 aliphatic rings. The van der Waals surface area contributed by atoms with Crippen LogP contribution in [0, 0.1) is 17.8 Å². The molecule has 2 aliphatic carbocycles. The molecule has 0 N–H and O–H groups in total. The Morgan fingerprint density at radius 1 is 0.850 bits per heavy atom. The van der Waals surface area contributed by atoms with Crippen molar-refractivity contribution in [3.05, 3.63) is 0 Å². The molecule has 0 radical (unpaired) electrons. The van der Waals surface area contributed by atoms with Gasteiger partial charge in [-0.05, 0) is 17.8 Å². The lowest BCUT2D eigenvalue weighted by atomic mass is 9.55. The molecule has 2 saturated carbocycles. The van der Waals surface area contributed by atoms with E-state index in [1.165, 1.54) is 64.2 Å². The van der Waals surface area contributed by atoms with Crippen LogP contribution in [0.2, 0.25) is 5.31 Å². The van der Waals surface area contributed by atoms with E-state index in [1.54, 1.807) is 19.3 Å². The summed E-state index contributed by atoms with van der Waals surface area (Å²) in [7, 11) is 2.60. The predicted molar refractivity (Wildman–Crippen MR) is 93.1 cm³/mol. The predicted octanol–water partition coefficient (Wildman–Crippen LogP) is 5.77. The Balaban J connectivity index is 2.02. The van der Waals surface area contributed by atoms with Gasteiger partial charge in [0.05, 0.1) is 0 Å². The molecule has 0 aromatic heterocycles. The molecule has 0 spiro atoms. The van der Waals surface area contributed by atoms with Crippen molar-refractivity contribution in [1.29, 1.82) is 0 Å². The standard InChI is InChI=1S/C19H37B/c1-3-16(2)19(20)14-9-8-12-17-10-6-4-5-7-11-18(17)13-15-19/h16-18H,3-15,20H2,1-2H3. The molecule has 4 unspecified atom stereocenters. The molecule has 0 heterocycles. The normalized spacial score (nSPS) is 38.5. The first kappa shape index (κ1) is 16.4. The van der Waals surface area contributed by atoms with Crippen LogP contribution >= 0.6 is 0 Å². The maximum absolute atomic E-state index is 2.60. The van der Waals surface area contributed by atoms with Crippen LogP contribution in [-0.2, 0) is 0 Å². The summed E-state index contributed by atoms with van der Waals surface area (Å²) in [4.78, 5) is 0. The number of fused-ring (bicyclic) bond motifs is 1. The van der Waals surface area contributed by atoms with Gasteiger partial charge in [0.2, 0.25) is 0 Å². The van der Waals surface area contributed by atoms with E-state index in [4.69, 9.17) is 0 Å². The smallest absolute Gasteiger partial charge is 0.0651 e. The molecular weight excluding hydrogens is 239 g/mol. The zero-order chi connectivity index (χ0) is 14.4. The highest BCUT2D eigenvalue weighted by Crippen LogP contribution is 2.48. The third-order valence-electron chi connectivity index (χ3n) is 7.03. The summed E-state index contributed by atoms with van der Waals surface area (Å²) in [5.41, 5.74) is 0. The van der Waals surface area contributed by atoms with Gasteiger partial charge in [0.1, 0.15) is 7.85 Å². The van der Waals surface area contributed by atoms with Crippen molar-refractivity contribution in [2.45, 2.75) is 103 Å². The highest BCUT2D eigenvalue weighted by atomic mass is 14.4. The van der Waals surface area contributed by atoms with Gasteiger partial charge in [-0.25, -0.2) is 0 Å². The second-order valence-corrected chi connectivity index (χ2v) is 8.26. The third-order valence-corrected chi connectivity index (χ3v) is 7.03. The highest BCUT2D eigenvalue weighted by Gasteiger charge is 2.33. The van der Waals surface area contributed by atoms with Crippen molar-refractivity contribution in [2.75, 3.05) is 0 Å². The van der Waals surface area contributed by atoms with Crippen molar-refractivity contribution in [2.24, 2.45) is 17.8 Å². The molecule has 1 heteroatoms. The Bertz CT molecular complexity index is 275. The maximum Gasteiger partial charge on any atom is 0.109 e. The van der Waals surface area contributed by atoms with Crippen molar-refractivity contribution in [1.82, 2.24) is 0 Å². The molecule has 20 heavy (non-hydrogen) atoms. The molecule has 4 atom stereocenters. The molecule has 0 nitrogen and oxygen atoms in total. The van der Waals surface area contributed by atoms with Gasteiger partial charge < -0.3 is 0 Å². The van der Waals surface area contributed by atoms with Gasteiger partial charge in [0, 0.05) is 0 Å². The average molecular weight is 276 g/mol. The summed E-state index contributed by atoms with van der Waals surface area (Å²) < 4.78 is 0. The average Bonchev–Trinajstić information content (AvgIpc) is 2.50. The second kappa shape index (κ2) is 7.90. The van der Waals surface area contributed by atoms with E-state index in [9.17, 15) is 0 Å². The molecule has 2 fully saturated rings. The lowest BCUT2D eigenvalue weighted by Gasteiger charge is -2.37. The van der Waals surface area contributed by atoms with Crippen molar-refractivity contribution in [3.63, 3.8) is 0 Å². The fourth-order valence-corrected chi connectivity index (χ4v) is 4.96. The largest absolute Gasteiger partial charge is 0.109 e. The van der Waals surface area contributed by atoms with E-state index < -0.39 is 0 Å². The quantitative estimate of drug-likeness (QED) is 0.562. The van der Waals surface area contributed by atoms with Crippen molar-refractivity contribution < 1.29 is 0 Å². The van der Waals surface area contributed by atoms with Gasteiger partial charge >= 0.3 is 0 Å². The van der Waals surface area contributed by atoms with Crippen LogP contribution in [0.4, 0.5) is 0 Å². The minimum atomic E-state index is 0.631. The maximum atomic E-state index is 2.60. The second-order valence-electron chi connectivity index (χ2n) is 8.26. The minimum Gasteiger partial charge on any atom is -0.0651 e. The lowest BCUT2D eigenvalue weighted by molar-refractivity contribution is 0.219. The molecule has 0 amide bonds. The highest BCUT2D eigenvalue weighted by molar-refractivity contribution is 6.15. The summed E-state index contributed by atoms with van der Waals surface area (Å²) in [6.45, 7) is 4.90. The number of hydrogen-bond acceptors (Lipinski definition) is 0. The van der Waals surface area contributed by atoms with Crippen LogP contribution < -0.4 is 0 Å². The van der Waals surface area contributed by atoms with Crippen molar-refractivity contribution >= 4 is 7.85 Å². The van der Waals surface area contributed by atoms with Gasteiger partial charge in [-0.3, -0.25) is 0 Å². The Labute approximate surface area is 128 Å². The van der Waals surface area contributed by atoms with E-state index >= 15 is 0 Å². The molecule has 0 aromatic carbocycles. The Morgan fingerprint density at radius 3 is 2.00 bits per heavy atom. The van der Waals surface area contributed by atoms with Crippen LogP contribution in [0.1, 0.15) is 97.3 Å². The lowest BCUT2D eigenvalue weighted by Crippen LogP contribution is -2.23. The number of hydrogen-bond donors (Lipinski definition) is 0. The van der Waals surface area contributed by atoms with E-state index in [-0.39, 0.29) is 0 Å². The summed E-state index contributed by atoms with van der Waals surface area (Å²) >= 11 is 0. The Morgan fingerprint density at radius 2 is 1.40 bits per heavy atom. The topological polar surface area (TPSA) is 0 Å². The van der Waals surface area contributed by atoms with Crippen molar-refractivity contribution in [3.8, 4) is 0 Å². The molecule has 2 rings (SSSR count). The van der Waals surface area contributed by atoms with Gasteiger partial charge in [0.25, 0.3) is 0 Å². The molecule has 116 valence electrons. The fraction of sp³-hybridized carbons (Fsp3) is 1.00. The first-order valence-electron chi connectivity index (χ1n) is 9.65. The molecule has 0 bridgehead atoms. The zero-order valence-corrected chi connectivity index (χ0v) is 14.4. The van der Waals surface area contributed by atoms with Crippen LogP contribution in [0.5, 0.6) is 0 Å². The summed E-state index contributed by atoms with van der Waals surface area (Å²) in [5.74, 6) is 3.05. The Kier molecular flexibility index (Phi) is 6.49. The minimum absolute atomic E-state index is 0.631.